The van der Waals surface area contributed by atoms with E-state index in [4.69, 9.17) is 0 Å². The summed E-state index contributed by atoms with van der Waals surface area (Å²) in [5.74, 6) is 0.0657. The van der Waals surface area contributed by atoms with Gasteiger partial charge in [0.1, 0.15) is 0 Å². The van der Waals surface area contributed by atoms with Crippen LogP contribution in [0.1, 0.15) is 42.1 Å². The van der Waals surface area contributed by atoms with E-state index >= 15 is 0 Å². The van der Waals surface area contributed by atoms with Crippen molar-refractivity contribution in [2.75, 3.05) is 0 Å². The average Bonchev–Trinajstić information content (AvgIpc) is 2.96. The Morgan fingerprint density at radius 1 is 1.09 bits per heavy atom. The number of ketones is 1. The lowest BCUT2D eigenvalue weighted by molar-refractivity contribution is -0.0387. The zero-order valence-corrected chi connectivity index (χ0v) is 13.1. The molecular weight excluding hydrogens is 286 g/mol. The summed E-state index contributed by atoms with van der Waals surface area (Å²) in [5.41, 5.74) is 4.24. The molecule has 3 aromatic rings. The zero-order valence-electron chi connectivity index (χ0n) is 13.1. The first-order valence-corrected chi connectivity index (χ1v) is 8.02. The van der Waals surface area contributed by atoms with Gasteiger partial charge in [0.2, 0.25) is 0 Å². The predicted octanol–water partition coefficient (Wildman–Crippen LogP) is 4.41. The van der Waals surface area contributed by atoms with Crippen LogP contribution in [0.15, 0.2) is 48.7 Å². The molecule has 0 unspecified atom stereocenters. The van der Waals surface area contributed by atoms with Crippen LogP contribution in [0.4, 0.5) is 0 Å². The van der Waals surface area contributed by atoms with E-state index in [0.717, 1.165) is 52.4 Å². The fraction of sp³-hybridized carbons (Fsp3) is 0.250. The van der Waals surface area contributed by atoms with Gasteiger partial charge in [-0.15, -0.1) is 0 Å². The van der Waals surface area contributed by atoms with Gasteiger partial charge in [-0.25, -0.2) is 0 Å². The minimum Gasteiger partial charge on any atom is -0.385 e. The minimum absolute atomic E-state index is 0.0657. The first-order chi connectivity index (χ1) is 11.1. The summed E-state index contributed by atoms with van der Waals surface area (Å²) in [6, 6.07) is 14.2. The number of H-pyrrole nitrogens is 1. The maximum atomic E-state index is 11.7. The number of hydrogen-bond acceptors (Lipinski definition) is 2. The van der Waals surface area contributed by atoms with Crippen molar-refractivity contribution in [3.05, 3.63) is 59.8 Å². The molecule has 23 heavy (non-hydrogen) atoms. The van der Waals surface area contributed by atoms with Crippen molar-refractivity contribution in [1.29, 1.82) is 0 Å². The lowest BCUT2D eigenvalue weighted by atomic mass is 9.75. The molecule has 116 valence electrons. The van der Waals surface area contributed by atoms with Crippen LogP contribution in [-0.2, 0) is 5.60 Å². The predicted molar refractivity (Wildman–Crippen MR) is 91.5 cm³/mol. The monoisotopic (exact) mass is 305 g/mol. The number of nitrogens with one attached hydrogen (secondary N) is 1. The summed E-state index contributed by atoms with van der Waals surface area (Å²) >= 11 is 0. The second-order valence-corrected chi connectivity index (χ2v) is 6.48. The Labute approximate surface area is 135 Å². The van der Waals surface area contributed by atoms with Gasteiger partial charge in [0.25, 0.3) is 0 Å². The smallest absolute Gasteiger partial charge is 0.161 e. The average molecular weight is 305 g/mol. The number of aromatic nitrogens is 1. The van der Waals surface area contributed by atoms with Crippen molar-refractivity contribution in [3.63, 3.8) is 0 Å². The Bertz CT molecular complexity index is 886. The van der Waals surface area contributed by atoms with Crippen LogP contribution in [-0.4, -0.2) is 15.9 Å². The van der Waals surface area contributed by atoms with Gasteiger partial charge in [-0.1, -0.05) is 30.3 Å². The van der Waals surface area contributed by atoms with E-state index in [1.165, 1.54) is 0 Å². The van der Waals surface area contributed by atoms with Crippen LogP contribution in [0.25, 0.3) is 22.0 Å². The van der Waals surface area contributed by atoms with Crippen molar-refractivity contribution in [1.82, 2.24) is 4.98 Å². The van der Waals surface area contributed by atoms with Crippen molar-refractivity contribution < 1.29 is 9.90 Å². The Morgan fingerprint density at radius 2 is 1.78 bits per heavy atom. The molecule has 0 saturated heterocycles. The quantitative estimate of drug-likeness (QED) is 0.704. The third-order valence-corrected chi connectivity index (χ3v) is 5.00. The molecule has 0 aliphatic heterocycles. The molecule has 1 heterocycles. The number of hydrogen-bond donors (Lipinski definition) is 2. The maximum Gasteiger partial charge on any atom is 0.161 e. The summed E-state index contributed by atoms with van der Waals surface area (Å²) in [4.78, 5) is 14.9. The van der Waals surface area contributed by atoms with Crippen molar-refractivity contribution >= 4 is 16.7 Å². The van der Waals surface area contributed by atoms with E-state index in [0.29, 0.717) is 0 Å². The van der Waals surface area contributed by atoms with Crippen LogP contribution in [0.5, 0.6) is 0 Å². The van der Waals surface area contributed by atoms with Gasteiger partial charge in [-0.2, -0.15) is 0 Å². The standard InChI is InChI=1S/C20H19NO2/c1-13(22)18-12-21-19-8-5-15(11-17(18)19)14-3-6-16(7-4-14)20(23)9-2-10-20/h3-8,11-12,21,23H,2,9-10H2,1H3. The molecule has 1 aromatic heterocycles. The highest BCUT2D eigenvalue weighted by molar-refractivity contribution is 6.07. The normalized spacial score (nSPS) is 16.3. The highest BCUT2D eigenvalue weighted by atomic mass is 16.3. The molecule has 2 aromatic carbocycles. The summed E-state index contributed by atoms with van der Waals surface area (Å²) < 4.78 is 0. The Morgan fingerprint density at radius 3 is 2.39 bits per heavy atom. The van der Waals surface area contributed by atoms with E-state index in [-0.39, 0.29) is 5.78 Å². The summed E-state index contributed by atoms with van der Waals surface area (Å²) in [7, 11) is 0. The lowest BCUT2D eigenvalue weighted by Crippen LogP contribution is -2.33. The van der Waals surface area contributed by atoms with Gasteiger partial charge in [0, 0.05) is 22.7 Å². The van der Waals surface area contributed by atoms with Crippen molar-refractivity contribution in [2.45, 2.75) is 31.8 Å². The van der Waals surface area contributed by atoms with E-state index < -0.39 is 5.60 Å². The second-order valence-electron chi connectivity index (χ2n) is 6.48. The molecule has 3 heteroatoms. The first kappa shape index (κ1) is 14.2. The van der Waals surface area contributed by atoms with Crippen LogP contribution in [0.3, 0.4) is 0 Å². The molecule has 4 rings (SSSR count). The molecule has 3 nitrogen and oxygen atoms in total. The highest BCUT2D eigenvalue weighted by Gasteiger charge is 2.35. The number of carbonyl (C=O) groups is 1. The topological polar surface area (TPSA) is 53.1 Å². The molecule has 2 N–H and O–H groups in total. The molecular formula is C20H19NO2. The van der Waals surface area contributed by atoms with Crippen molar-refractivity contribution in [3.8, 4) is 11.1 Å². The van der Waals surface area contributed by atoms with E-state index in [1.54, 1.807) is 13.1 Å². The molecule has 0 bridgehead atoms. The molecule has 0 amide bonds. The van der Waals surface area contributed by atoms with Crippen LogP contribution in [0.2, 0.25) is 0 Å². The molecule has 1 aliphatic carbocycles. The van der Waals surface area contributed by atoms with E-state index in [2.05, 4.69) is 17.1 Å². The second kappa shape index (κ2) is 5.07. The van der Waals surface area contributed by atoms with E-state index in [9.17, 15) is 9.90 Å². The van der Waals surface area contributed by atoms with Gasteiger partial charge < -0.3 is 10.1 Å². The molecule has 1 aliphatic rings. The number of carbonyl (C=O) groups excluding carboxylic acids is 1. The highest BCUT2D eigenvalue weighted by Crippen LogP contribution is 2.41. The van der Waals surface area contributed by atoms with Gasteiger partial charge in [0.15, 0.2) is 5.78 Å². The van der Waals surface area contributed by atoms with Gasteiger partial charge in [-0.05, 0) is 55.0 Å². The zero-order chi connectivity index (χ0) is 16.0. The van der Waals surface area contributed by atoms with Gasteiger partial charge in [0.05, 0.1) is 5.60 Å². The summed E-state index contributed by atoms with van der Waals surface area (Å²) in [6.07, 6.45) is 4.56. The third kappa shape index (κ3) is 2.28. The molecule has 1 fully saturated rings. The molecule has 0 spiro atoms. The minimum atomic E-state index is -0.620. The number of rotatable bonds is 3. The molecule has 0 radical (unpaired) electrons. The summed E-state index contributed by atoms with van der Waals surface area (Å²) in [5, 5.41) is 11.4. The fourth-order valence-corrected chi connectivity index (χ4v) is 3.36. The number of fused-ring (bicyclic) bond motifs is 1. The van der Waals surface area contributed by atoms with Gasteiger partial charge in [-0.3, -0.25) is 4.79 Å². The Hall–Kier alpha value is -2.39. The Balaban J connectivity index is 1.73. The lowest BCUT2D eigenvalue weighted by Gasteiger charge is -2.37. The molecule has 0 atom stereocenters. The number of aromatic amines is 1. The third-order valence-electron chi connectivity index (χ3n) is 5.00. The van der Waals surface area contributed by atoms with Crippen LogP contribution < -0.4 is 0 Å². The number of aliphatic hydroxyl groups is 1. The number of benzene rings is 2. The van der Waals surface area contributed by atoms with Crippen molar-refractivity contribution in [2.24, 2.45) is 0 Å². The Kier molecular flexibility index (Phi) is 3.13. The van der Waals surface area contributed by atoms with Crippen LogP contribution in [0, 0.1) is 0 Å². The maximum absolute atomic E-state index is 11.7. The SMILES string of the molecule is CC(=O)c1c[nH]c2ccc(-c3ccc(C4(O)CCC4)cc3)cc12. The fourth-order valence-electron chi connectivity index (χ4n) is 3.36. The number of Topliss-reactive ketones (excluding diaryl/α,β-unsaturated/α-hetero) is 1. The van der Waals surface area contributed by atoms with Crippen LogP contribution >= 0.6 is 0 Å². The summed E-state index contributed by atoms with van der Waals surface area (Å²) in [6.45, 7) is 1.59. The molecule has 1 saturated carbocycles. The largest absolute Gasteiger partial charge is 0.385 e. The van der Waals surface area contributed by atoms with Gasteiger partial charge >= 0.3 is 0 Å². The first-order valence-electron chi connectivity index (χ1n) is 8.02. The van der Waals surface area contributed by atoms with E-state index in [1.807, 2.05) is 30.3 Å².